The molecule has 1 aromatic carbocycles. The minimum absolute atomic E-state index is 0.129. The largest absolute Gasteiger partial charge is 0.497 e. The average Bonchev–Trinajstić information content (AvgIpc) is 2.62. The Hall–Kier alpha value is -1.12. The molecular weight excluding hydrogens is 318 g/mol. The summed E-state index contributed by atoms with van der Waals surface area (Å²) in [5.74, 6) is -0.972. The zero-order chi connectivity index (χ0) is 17.9. The summed E-state index contributed by atoms with van der Waals surface area (Å²) in [4.78, 5) is 0. The third kappa shape index (κ3) is 4.35. The summed E-state index contributed by atoms with van der Waals surface area (Å²) in [5, 5.41) is 0. The van der Waals surface area contributed by atoms with Crippen molar-refractivity contribution >= 4 is 0 Å². The van der Waals surface area contributed by atoms with Gasteiger partial charge >= 0.3 is 0 Å². The number of ether oxygens (including phenoxy) is 1. The third-order valence-electron chi connectivity index (χ3n) is 6.61. The van der Waals surface area contributed by atoms with Gasteiger partial charge in [-0.1, -0.05) is 31.9 Å². The third-order valence-corrected chi connectivity index (χ3v) is 6.61. The van der Waals surface area contributed by atoms with E-state index in [2.05, 4.69) is 19.1 Å². The van der Waals surface area contributed by atoms with Crippen LogP contribution in [0.3, 0.4) is 0 Å². The van der Waals surface area contributed by atoms with Gasteiger partial charge in [-0.2, -0.15) is 0 Å². The molecule has 0 bridgehead atoms. The SMILES string of the molecule is CCC[C@H]1CC[C@H](C2CCC(c3ccc(OC)cc3)CC2)C(F)(F)C1. The second-order valence-corrected chi connectivity index (χ2v) is 8.19. The van der Waals surface area contributed by atoms with E-state index in [9.17, 15) is 8.78 Å². The molecule has 2 atom stereocenters. The Labute approximate surface area is 151 Å². The van der Waals surface area contributed by atoms with Crippen molar-refractivity contribution < 1.29 is 13.5 Å². The smallest absolute Gasteiger partial charge is 0.251 e. The van der Waals surface area contributed by atoms with Gasteiger partial charge in [-0.3, -0.25) is 0 Å². The first-order valence-electron chi connectivity index (χ1n) is 10.0. The summed E-state index contributed by atoms with van der Waals surface area (Å²) in [7, 11) is 1.68. The Bertz CT molecular complexity index is 531. The van der Waals surface area contributed by atoms with Gasteiger partial charge in [-0.05, 0) is 74.0 Å². The highest BCUT2D eigenvalue weighted by atomic mass is 19.3. The molecule has 3 heteroatoms. The average molecular weight is 350 g/mol. The summed E-state index contributed by atoms with van der Waals surface area (Å²) in [5.41, 5.74) is 1.33. The van der Waals surface area contributed by atoms with E-state index in [0.717, 1.165) is 57.1 Å². The van der Waals surface area contributed by atoms with Crippen LogP contribution in [0.15, 0.2) is 24.3 Å². The highest BCUT2D eigenvalue weighted by Crippen LogP contribution is 2.50. The Morgan fingerprint density at radius 2 is 1.68 bits per heavy atom. The molecule has 0 aliphatic heterocycles. The predicted molar refractivity (Wildman–Crippen MR) is 98.4 cm³/mol. The fourth-order valence-corrected chi connectivity index (χ4v) is 5.23. The van der Waals surface area contributed by atoms with Crippen LogP contribution in [0.5, 0.6) is 5.75 Å². The van der Waals surface area contributed by atoms with Crippen LogP contribution in [0.2, 0.25) is 0 Å². The number of halogens is 2. The first kappa shape index (κ1) is 18.7. The number of hydrogen-bond acceptors (Lipinski definition) is 1. The van der Waals surface area contributed by atoms with E-state index in [-0.39, 0.29) is 24.2 Å². The van der Waals surface area contributed by atoms with E-state index in [1.165, 1.54) is 5.56 Å². The lowest BCUT2D eigenvalue weighted by molar-refractivity contribution is -0.127. The monoisotopic (exact) mass is 350 g/mol. The maximum absolute atomic E-state index is 14.7. The van der Waals surface area contributed by atoms with Crippen LogP contribution in [0, 0.1) is 17.8 Å². The molecular formula is C22H32F2O. The van der Waals surface area contributed by atoms with Gasteiger partial charge in [0.15, 0.2) is 0 Å². The first-order valence-corrected chi connectivity index (χ1v) is 10.0. The van der Waals surface area contributed by atoms with E-state index in [0.29, 0.717) is 5.92 Å². The molecule has 0 aromatic heterocycles. The van der Waals surface area contributed by atoms with E-state index >= 15 is 0 Å². The topological polar surface area (TPSA) is 9.23 Å². The summed E-state index contributed by atoms with van der Waals surface area (Å²) in [6.45, 7) is 2.10. The van der Waals surface area contributed by atoms with Gasteiger partial charge in [0, 0.05) is 12.3 Å². The Balaban J connectivity index is 1.56. The molecule has 0 saturated heterocycles. The van der Waals surface area contributed by atoms with Gasteiger partial charge in [0.25, 0.3) is 5.92 Å². The minimum atomic E-state index is -2.45. The zero-order valence-corrected chi connectivity index (χ0v) is 15.6. The molecule has 0 N–H and O–H groups in total. The highest BCUT2D eigenvalue weighted by Gasteiger charge is 2.48. The van der Waals surface area contributed by atoms with Gasteiger partial charge in [0.1, 0.15) is 5.75 Å². The van der Waals surface area contributed by atoms with Crippen molar-refractivity contribution in [2.24, 2.45) is 17.8 Å². The van der Waals surface area contributed by atoms with Crippen LogP contribution < -0.4 is 4.74 Å². The van der Waals surface area contributed by atoms with Crippen molar-refractivity contribution in [3.63, 3.8) is 0 Å². The Morgan fingerprint density at radius 3 is 2.24 bits per heavy atom. The number of alkyl halides is 2. The maximum atomic E-state index is 14.7. The van der Waals surface area contributed by atoms with Crippen LogP contribution in [-0.4, -0.2) is 13.0 Å². The molecule has 25 heavy (non-hydrogen) atoms. The van der Waals surface area contributed by atoms with Gasteiger partial charge in [-0.15, -0.1) is 0 Å². The Kier molecular flexibility index (Phi) is 6.01. The number of hydrogen-bond donors (Lipinski definition) is 0. The first-order chi connectivity index (χ1) is 12.0. The summed E-state index contributed by atoms with van der Waals surface area (Å²) in [6.07, 6.45) is 7.85. The molecule has 2 aliphatic carbocycles. The molecule has 0 radical (unpaired) electrons. The van der Waals surface area contributed by atoms with Crippen molar-refractivity contribution in [2.75, 3.05) is 7.11 Å². The Morgan fingerprint density at radius 1 is 1.00 bits per heavy atom. The van der Waals surface area contributed by atoms with E-state index in [1.54, 1.807) is 7.11 Å². The van der Waals surface area contributed by atoms with E-state index in [1.807, 2.05) is 12.1 Å². The van der Waals surface area contributed by atoms with Crippen LogP contribution >= 0.6 is 0 Å². The molecule has 2 aliphatic rings. The molecule has 1 aromatic rings. The minimum Gasteiger partial charge on any atom is -0.497 e. The lowest BCUT2D eigenvalue weighted by atomic mass is 9.66. The van der Waals surface area contributed by atoms with Crippen molar-refractivity contribution in [1.82, 2.24) is 0 Å². The fraction of sp³-hybridized carbons (Fsp3) is 0.727. The van der Waals surface area contributed by atoms with E-state index < -0.39 is 5.92 Å². The second kappa shape index (κ2) is 8.05. The van der Waals surface area contributed by atoms with Gasteiger partial charge in [0.2, 0.25) is 0 Å². The number of methoxy groups -OCH3 is 1. The van der Waals surface area contributed by atoms with Crippen molar-refractivity contribution in [3.8, 4) is 5.75 Å². The lowest BCUT2D eigenvalue weighted by Crippen LogP contribution is -2.41. The summed E-state index contributed by atoms with van der Waals surface area (Å²) < 4.78 is 34.7. The quantitative estimate of drug-likeness (QED) is 0.566. The fourth-order valence-electron chi connectivity index (χ4n) is 5.23. The standard InChI is InChI=1S/C22H32F2O/c1-3-4-16-5-14-21(22(23,24)15-16)19-8-6-17(7-9-19)18-10-12-20(25-2)13-11-18/h10-13,16-17,19,21H,3-9,14-15H2,1-2H3/t16-,17?,19?,21+/m0/s1. The molecule has 140 valence electrons. The highest BCUT2D eigenvalue weighted by molar-refractivity contribution is 5.29. The molecule has 0 unspecified atom stereocenters. The van der Waals surface area contributed by atoms with Gasteiger partial charge in [-0.25, -0.2) is 8.78 Å². The van der Waals surface area contributed by atoms with Crippen LogP contribution in [0.25, 0.3) is 0 Å². The van der Waals surface area contributed by atoms with Crippen LogP contribution in [0.4, 0.5) is 8.78 Å². The number of rotatable bonds is 5. The molecule has 3 rings (SSSR count). The molecule has 0 heterocycles. The summed E-state index contributed by atoms with van der Waals surface area (Å²) in [6, 6.07) is 8.28. The summed E-state index contributed by atoms with van der Waals surface area (Å²) >= 11 is 0. The van der Waals surface area contributed by atoms with Gasteiger partial charge < -0.3 is 4.74 Å². The molecule has 2 saturated carbocycles. The van der Waals surface area contributed by atoms with Crippen molar-refractivity contribution in [1.29, 1.82) is 0 Å². The van der Waals surface area contributed by atoms with E-state index in [4.69, 9.17) is 4.74 Å². The molecule has 0 spiro atoms. The van der Waals surface area contributed by atoms with Crippen LogP contribution in [0.1, 0.15) is 76.2 Å². The van der Waals surface area contributed by atoms with Crippen LogP contribution in [-0.2, 0) is 0 Å². The van der Waals surface area contributed by atoms with Crippen molar-refractivity contribution in [2.45, 2.75) is 76.6 Å². The lowest BCUT2D eigenvalue weighted by Gasteiger charge is -2.42. The molecule has 0 amide bonds. The molecule has 2 fully saturated rings. The maximum Gasteiger partial charge on any atom is 0.251 e. The van der Waals surface area contributed by atoms with Gasteiger partial charge in [0.05, 0.1) is 7.11 Å². The second-order valence-electron chi connectivity index (χ2n) is 8.19. The molecule has 1 nitrogen and oxygen atoms in total. The number of benzene rings is 1. The zero-order valence-electron chi connectivity index (χ0n) is 15.6. The normalized spacial score (nSPS) is 32.3. The predicted octanol–water partition coefficient (Wildman–Crippen LogP) is 6.82. The van der Waals surface area contributed by atoms with Crippen molar-refractivity contribution in [3.05, 3.63) is 29.8 Å².